The molecule has 0 spiro atoms. The predicted molar refractivity (Wildman–Crippen MR) is 100 cm³/mol. The first kappa shape index (κ1) is 16.6. The minimum absolute atomic E-state index is 0.364. The lowest BCUT2D eigenvalue weighted by Gasteiger charge is -2.05. The molecule has 6 nitrogen and oxygen atoms in total. The van der Waals surface area contributed by atoms with Gasteiger partial charge in [-0.3, -0.25) is 0 Å². The van der Waals surface area contributed by atoms with Crippen molar-refractivity contribution in [2.24, 2.45) is 10.7 Å². The van der Waals surface area contributed by atoms with Crippen LogP contribution in [0.5, 0.6) is 5.75 Å². The van der Waals surface area contributed by atoms with E-state index in [1.807, 2.05) is 67.7 Å². The molecule has 6 heteroatoms. The van der Waals surface area contributed by atoms with Gasteiger partial charge in [0.2, 0.25) is 0 Å². The number of nitrogens with one attached hydrogen (secondary N) is 1. The van der Waals surface area contributed by atoms with Crippen LogP contribution in [-0.2, 0) is 6.54 Å². The van der Waals surface area contributed by atoms with Gasteiger partial charge in [-0.25, -0.2) is 9.67 Å². The summed E-state index contributed by atoms with van der Waals surface area (Å²) in [5.74, 6) is 1.18. The van der Waals surface area contributed by atoms with E-state index >= 15 is 0 Å². The number of nitrogens with two attached hydrogens (primary N) is 1. The van der Waals surface area contributed by atoms with Gasteiger partial charge in [0, 0.05) is 11.9 Å². The minimum atomic E-state index is 0.364. The molecule has 0 saturated carbocycles. The molecule has 1 aromatic heterocycles. The maximum atomic E-state index is 5.93. The molecular weight excluding hydrogens is 314 g/mol. The minimum Gasteiger partial charge on any atom is -0.497 e. The molecule has 0 aliphatic rings. The van der Waals surface area contributed by atoms with Crippen LogP contribution >= 0.6 is 0 Å². The number of ether oxygens (including phenoxy) is 1. The van der Waals surface area contributed by atoms with Crippen molar-refractivity contribution < 1.29 is 4.74 Å². The number of nitrogens with zero attached hydrogens (tertiary/aromatic N) is 3. The smallest absolute Gasteiger partial charge is 0.193 e. The standard InChI is InChI=1S/C19H21N5O/c1-14-3-5-15(6-4-14)22-19(20)21-13-16-11-12-24(23-16)17-7-9-18(25-2)10-8-17/h3-12H,13H2,1-2H3,(H3,20,21,22). The van der Waals surface area contributed by atoms with Crippen molar-refractivity contribution in [3.05, 3.63) is 72.1 Å². The zero-order valence-electron chi connectivity index (χ0n) is 14.3. The Balaban J connectivity index is 1.63. The number of aliphatic imine (C=N–C) groups is 1. The van der Waals surface area contributed by atoms with E-state index in [2.05, 4.69) is 15.4 Å². The second-order valence-corrected chi connectivity index (χ2v) is 5.64. The molecule has 0 unspecified atom stereocenters. The predicted octanol–water partition coefficient (Wildman–Crippen LogP) is 3.12. The summed E-state index contributed by atoms with van der Waals surface area (Å²) < 4.78 is 6.96. The topological polar surface area (TPSA) is 77.5 Å². The summed E-state index contributed by atoms with van der Waals surface area (Å²) in [7, 11) is 1.65. The Bertz CT molecular complexity index is 850. The van der Waals surface area contributed by atoms with Crippen LogP contribution in [0.4, 0.5) is 5.69 Å². The molecule has 0 fully saturated rings. The molecule has 1 heterocycles. The van der Waals surface area contributed by atoms with Gasteiger partial charge in [-0.15, -0.1) is 0 Å². The largest absolute Gasteiger partial charge is 0.497 e. The van der Waals surface area contributed by atoms with Gasteiger partial charge < -0.3 is 15.8 Å². The monoisotopic (exact) mass is 335 g/mol. The average Bonchev–Trinajstić information content (AvgIpc) is 3.11. The number of hydrogen-bond acceptors (Lipinski definition) is 3. The van der Waals surface area contributed by atoms with Gasteiger partial charge in [0.1, 0.15) is 5.75 Å². The third kappa shape index (κ3) is 4.38. The van der Waals surface area contributed by atoms with Crippen molar-refractivity contribution in [2.45, 2.75) is 13.5 Å². The molecule has 3 aromatic rings. The second kappa shape index (κ2) is 7.53. The molecule has 3 N–H and O–H groups in total. The lowest BCUT2D eigenvalue weighted by atomic mass is 10.2. The molecule has 128 valence electrons. The Kier molecular flexibility index (Phi) is 4.99. The van der Waals surface area contributed by atoms with Gasteiger partial charge >= 0.3 is 0 Å². The van der Waals surface area contributed by atoms with E-state index in [9.17, 15) is 0 Å². The zero-order chi connectivity index (χ0) is 17.6. The van der Waals surface area contributed by atoms with E-state index in [-0.39, 0.29) is 0 Å². The van der Waals surface area contributed by atoms with Crippen LogP contribution in [0.15, 0.2) is 65.8 Å². The van der Waals surface area contributed by atoms with E-state index in [0.29, 0.717) is 12.5 Å². The van der Waals surface area contributed by atoms with Crippen LogP contribution in [-0.4, -0.2) is 22.8 Å². The van der Waals surface area contributed by atoms with Crippen LogP contribution in [0.25, 0.3) is 5.69 Å². The van der Waals surface area contributed by atoms with E-state index in [4.69, 9.17) is 10.5 Å². The fraction of sp³-hybridized carbons (Fsp3) is 0.158. The fourth-order valence-electron chi connectivity index (χ4n) is 2.32. The molecule has 0 radical (unpaired) electrons. The van der Waals surface area contributed by atoms with E-state index in [1.54, 1.807) is 11.8 Å². The summed E-state index contributed by atoms with van der Waals surface area (Å²) in [5.41, 5.74) is 9.84. The lowest BCUT2D eigenvalue weighted by Crippen LogP contribution is -2.22. The van der Waals surface area contributed by atoms with Crippen LogP contribution < -0.4 is 15.8 Å². The second-order valence-electron chi connectivity index (χ2n) is 5.64. The molecule has 25 heavy (non-hydrogen) atoms. The molecule has 3 rings (SSSR count). The highest BCUT2D eigenvalue weighted by Crippen LogP contribution is 2.14. The lowest BCUT2D eigenvalue weighted by molar-refractivity contribution is 0.414. The average molecular weight is 335 g/mol. The van der Waals surface area contributed by atoms with Gasteiger partial charge in [-0.1, -0.05) is 17.7 Å². The van der Waals surface area contributed by atoms with E-state index in [0.717, 1.165) is 22.8 Å². The SMILES string of the molecule is COc1ccc(-n2ccc(CN=C(N)Nc3ccc(C)cc3)n2)cc1. The van der Waals surface area contributed by atoms with Gasteiger partial charge in [0.05, 0.1) is 25.0 Å². The van der Waals surface area contributed by atoms with Crippen molar-refractivity contribution in [1.29, 1.82) is 0 Å². The van der Waals surface area contributed by atoms with Gasteiger partial charge in [-0.05, 0) is 49.4 Å². The first-order valence-electron chi connectivity index (χ1n) is 7.96. The molecule has 0 aliphatic heterocycles. The summed E-state index contributed by atoms with van der Waals surface area (Å²) in [6.07, 6.45) is 1.90. The van der Waals surface area contributed by atoms with Crippen molar-refractivity contribution in [3.8, 4) is 11.4 Å². The molecule has 0 atom stereocenters. The Morgan fingerprint density at radius 1 is 1.12 bits per heavy atom. The first-order valence-corrected chi connectivity index (χ1v) is 7.96. The summed E-state index contributed by atoms with van der Waals surface area (Å²) in [5, 5.41) is 7.58. The molecular formula is C19H21N5O. The highest BCUT2D eigenvalue weighted by atomic mass is 16.5. The van der Waals surface area contributed by atoms with Crippen molar-refractivity contribution in [1.82, 2.24) is 9.78 Å². The van der Waals surface area contributed by atoms with Crippen LogP contribution in [0.3, 0.4) is 0 Å². The third-order valence-corrected chi connectivity index (χ3v) is 3.72. The summed E-state index contributed by atoms with van der Waals surface area (Å²) in [4.78, 5) is 4.33. The molecule has 0 aliphatic carbocycles. The Morgan fingerprint density at radius 2 is 1.84 bits per heavy atom. The van der Waals surface area contributed by atoms with E-state index in [1.165, 1.54) is 5.56 Å². The number of aryl methyl sites for hydroxylation is 1. The number of anilines is 1. The number of guanidine groups is 1. The summed E-state index contributed by atoms with van der Waals surface area (Å²) in [6.45, 7) is 2.45. The number of benzene rings is 2. The maximum absolute atomic E-state index is 5.93. The van der Waals surface area contributed by atoms with Crippen LogP contribution in [0.1, 0.15) is 11.3 Å². The number of rotatable bonds is 5. The zero-order valence-corrected chi connectivity index (χ0v) is 14.3. The van der Waals surface area contributed by atoms with Crippen molar-refractivity contribution >= 4 is 11.6 Å². The van der Waals surface area contributed by atoms with E-state index < -0.39 is 0 Å². The van der Waals surface area contributed by atoms with Gasteiger partial charge in [0.15, 0.2) is 5.96 Å². The molecule has 0 saturated heterocycles. The number of hydrogen-bond donors (Lipinski definition) is 2. The molecule has 0 amide bonds. The van der Waals surface area contributed by atoms with Crippen LogP contribution in [0, 0.1) is 6.92 Å². The third-order valence-electron chi connectivity index (χ3n) is 3.72. The Labute approximate surface area is 147 Å². The normalized spacial score (nSPS) is 11.4. The van der Waals surface area contributed by atoms with Crippen LogP contribution in [0.2, 0.25) is 0 Å². The van der Waals surface area contributed by atoms with Crippen molar-refractivity contribution in [3.63, 3.8) is 0 Å². The first-order chi connectivity index (χ1) is 12.1. The highest BCUT2D eigenvalue weighted by molar-refractivity contribution is 5.92. The summed E-state index contributed by atoms with van der Waals surface area (Å²) in [6, 6.07) is 17.6. The molecule has 2 aromatic carbocycles. The number of aromatic nitrogens is 2. The fourth-order valence-corrected chi connectivity index (χ4v) is 2.32. The van der Waals surface area contributed by atoms with Gasteiger partial charge in [-0.2, -0.15) is 5.10 Å². The Morgan fingerprint density at radius 3 is 2.52 bits per heavy atom. The Hall–Kier alpha value is -3.28. The molecule has 0 bridgehead atoms. The number of methoxy groups -OCH3 is 1. The van der Waals surface area contributed by atoms with Gasteiger partial charge in [0.25, 0.3) is 0 Å². The summed E-state index contributed by atoms with van der Waals surface area (Å²) >= 11 is 0. The maximum Gasteiger partial charge on any atom is 0.193 e. The quantitative estimate of drug-likeness (QED) is 0.555. The highest BCUT2D eigenvalue weighted by Gasteiger charge is 2.02. The van der Waals surface area contributed by atoms with Crippen molar-refractivity contribution in [2.75, 3.05) is 12.4 Å².